The third-order valence-electron chi connectivity index (χ3n) is 1.44. The van der Waals surface area contributed by atoms with Gasteiger partial charge in [0.25, 0.3) is 0 Å². The quantitative estimate of drug-likeness (QED) is 0.677. The standard InChI is InChI=1S/C8H7F2NO/c9-6-3-1-2-5(8(6)10)7(12)4-11/h1-3H,4,11H2. The van der Waals surface area contributed by atoms with Crippen LogP contribution in [0.15, 0.2) is 18.2 Å². The summed E-state index contributed by atoms with van der Waals surface area (Å²) in [4.78, 5) is 10.9. The number of hydrogen-bond donors (Lipinski definition) is 1. The van der Waals surface area contributed by atoms with Gasteiger partial charge in [0.15, 0.2) is 17.4 Å². The monoisotopic (exact) mass is 171 g/mol. The Hall–Kier alpha value is -1.29. The van der Waals surface area contributed by atoms with E-state index in [0.29, 0.717) is 0 Å². The molecular formula is C8H7F2NO. The smallest absolute Gasteiger partial charge is 0.179 e. The summed E-state index contributed by atoms with van der Waals surface area (Å²) in [5.41, 5.74) is 4.69. The van der Waals surface area contributed by atoms with Crippen molar-refractivity contribution >= 4 is 5.78 Å². The Kier molecular flexibility index (Phi) is 2.50. The highest BCUT2D eigenvalue weighted by molar-refractivity contribution is 5.97. The van der Waals surface area contributed by atoms with Gasteiger partial charge in [-0.25, -0.2) is 8.78 Å². The lowest BCUT2D eigenvalue weighted by atomic mass is 10.1. The molecule has 64 valence electrons. The van der Waals surface area contributed by atoms with E-state index in [-0.39, 0.29) is 12.1 Å². The summed E-state index contributed by atoms with van der Waals surface area (Å²) >= 11 is 0. The molecule has 0 amide bonds. The molecule has 0 radical (unpaired) electrons. The van der Waals surface area contributed by atoms with E-state index in [9.17, 15) is 13.6 Å². The third kappa shape index (κ3) is 1.48. The van der Waals surface area contributed by atoms with Crippen LogP contribution in [-0.4, -0.2) is 12.3 Å². The predicted molar refractivity (Wildman–Crippen MR) is 39.7 cm³/mol. The molecule has 0 bridgehead atoms. The van der Waals surface area contributed by atoms with Gasteiger partial charge in [0, 0.05) is 0 Å². The van der Waals surface area contributed by atoms with E-state index in [1.807, 2.05) is 0 Å². The van der Waals surface area contributed by atoms with Crippen LogP contribution in [0.5, 0.6) is 0 Å². The fraction of sp³-hybridized carbons (Fsp3) is 0.125. The van der Waals surface area contributed by atoms with Crippen molar-refractivity contribution in [3.63, 3.8) is 0 Å². The molecule has 0 aliphatic carbocycles. The number of halogens is 2. The fourth-order valence-electron chi connectivity index (χ4n) is 0.829. The first-order valence-electron chi connectivity index (χ1n) is 3.34. The Labute approximate surface area is 68.0 Å². The van der Waals surface area contributed by atoms with Gasteiger partial charge in [0.2, 0.25) is 0 Å². The van der Waals surface area contributed by atoms with Gasteiger partial charge in [0.05, 0.1) is 12.1 Å². The number of Topliss-reactive ketones (excluding diaryl/α,β-unsaturated/α-hetero) is 1. The summed E-state index contributed by atoms with van der Waals surface area (Å²) < 4.78 is 25.3. The number of nitrogens with two attached hydrogens (primary N) is 1. The summed E-state index contributed by atoms with van der Waals surface area (Å²) in [6.07, 6.45) is 0. The number of carbonyl (C=O) groups is 1. The van der Waals surface area contributed by atoms with Gasteiger partial charge in [-0.2, -0.15) is 0 Å². The largest absolute Gasteiger partial charge is 0.324 e. The van der Waals surface area contributed by atoms with Gasteiger partial charge in [0.1, 0.15) is 0 Å². The molecular weight excluding hydrogens is 164 g/mol. The second-order valence-electron chi connectivity index (χ2n) is 2.23. The van der Waals surface area contributed by atoms with Crippen LogP contribution in [0.1, 0.15) is 10.4 Å². The zero-order chi connectivity index (χ0) is 9.14. The summed E-state index contributed by atoms with van der Waals surface area (Å²) in [5.74, 6) is -2.77. The molecule has 2 nitrogen and oxygen atoms in total. The minimum absolute atomic E-state index is 0.294. The average molecular weight is 171 g/mol. The molecule has 2 N–H and O–H groups in total. The van der Waals surface area contributed by atoms with Crippen molar-refractivity contribution in [3.8, 4) is 0 Å². The molecule has 0 atom stereocenters. The van der Waals surface area contributed by atoms with Gasteiger partial charge in [-0.15, -0.1) is 0 Å². The second-order valence-corrected chi connectivity index (χ2v) is 2.23. The van der Waals surface area contributed by atoms with Crippen molar-refractivity contribution in [1.29, 1.82) is 0 Å². The van der Waals surface area contributed by atoms with E-state index in [2.05, 4.69) is 0 Å². The van der Waals surface area contributed by atoms with Gasteiger partial charge in [-0.05, 0) is 12.1 Å². The molecule has 1 rings (SSSR count). The van der Waals surface area contributed by atoms with Gasteiger partial charge in [-0.3, -0.25) is 4.79 Å². The van der Waals surface area contributed by atoms with Crippen LogP contribution in [0.2, 0.25) is 0 Å². The van der Waals surface area contributed by atoms with Crippen LogP contribution in [-0.2, 0) is 0 Å². The molecule has 0 aliphatic rings. The summed E-state index contributed by atoms with van der Waals surface area (Å²) in [5, 5.41) is 0. The summed E-state index contributed by atoms with van der Waals surface area (Å²) in [6.45, 7) is -0.319. The van der Waals surface area contributed by atoms with Crippen molar-refractivity contribution in [2.24, 2.45) is 5.73 Å². The highest BCUT2D eigenvalue weighted by Gasteiger charge is 2.12. The van der Waals surface area contributed by atoms with Gasteiger partial charge >= 0.3 is 0 Å². The Morgan fingerprint density at radius 3 is 2.67 bits per heavy atom. The van der Waals surface area contributed by atoms with Crippen molar-refractivity contribution in [2.75, 3.05) is 6.54 Å². The lowest BCUT2D eigenvalue weighted by Crippen LogP contribution is -2.15. The van der Waals surface area contributed by atoms with Gasteiger partial charge < -0.3 is 5.73 Å². The molecule has 0 heterocycles. The first-order valence-corrected chi connectivity index (χ1v) is 3.34. The second kappa shape index (κ2) is 3.40. The lowest BCUT2D eigenvalue weighted by Gasteiger charge is -1.99. The number of carbonyl (C=O) groups excluding carboxylic acids is 1. The van der Waals surface area contributed by atoms with Crippen molar-refractivity contribution in [1.82, 2.24) is 0 Å². The van der Waals surface area contributed by atoms with Gasteiger partial charge in [-0.1, -0.05) is 6.07 Å². The SMILES string of the molecule is NCC(=O)c1cccc(F)c1F. The van der Waals surface area contributed by atoms with Crippen LogP contribution in [0.3, 0.4) is 0 Å². The number of hydrogen-bond acceptors (Lipinski definition) is 2. The summed E-state index contributed by atoms with van der Waals surface area (Å²) in [7, 11) is 0. The van der Waals surface area contributed by atoms with Crippen LogP contribution in [0, 0.1) is 11.6 Å². The Bertz CT molecular complexity index is 312. The van der Waals surface area contributed by atoms with Crippen LogP contribution < -0.4 is 5.73 Å². The maximum Gasteiger partial charge on any atom is 0.179 e. The summed E-state index contributed by atoms with van der Waals surface area (Å²) in [6, 6.07) is 3.41. The molecule has 0 unspecified atom stereocenters. The van der Waals surface area contributed by atoms with Crippen molar-refractivity contribution in [2.45, 2.75) is 0 Å². The molecule has 0 spiro atoms. The normalized spacial score (nSPS) is 9.92. The first-order chi connectivity index (χ1) is 5.66. The third-order valence-corrected chi connectivity index (χ3v) is 1.44. The minimum Gasteiger partial charge on any atom is -0.324 e. The zero-order valence-corrected chi connectivity index (χ0v) is 6.18. The van der Waals surface area contributed by atoms with Crippen LogP contribution >= 0.6 is 0 Å². The molecule has 0 fully saturated rings. The zero-order valence-electron chi connectivity index (χ0n) is 6.18. The molecule has 0 aliphatic heterocycles. The maximum absolute atomic E-state index is 12.8. The number of rotatable bonds is 2. The Morgan fingerprint density at radius 2 is 2.08 bits per heavy atom. The molecule has 0 saturated carbocycles. The average Bonchev–Trinajstić information content (AvgIpc) is 2.08. The van der Waals surface area contributed by atoms with Crippen molar-refractivity contribution in [3.05, 3.63) is 35.4 Å². The topological polar surface area (TPSA) is 43.1 Å². The highest BCUT2D eigenvalue weighted by atomic mass is 19.2. The molecule has 4 heteroatoms. The van der Waals surface area contributed by atoms with E-state index in [1.165, 1.54) is 12.1 Å². The number of ketones is 1. The lowest BCUT2D eigenvalue weighted by molar-refractivity contribution is 0.0996. The van der Waals surface area contributed by atoms with E-state index in [1.54, 1.807) is 0 Å². The van der Waals surface area contributed by atoms with E-state index < -0.39 is 17.4 Å². The maximum atomic E-state index is 12.8. The van der Waals surface area contributed by atoms with E-state index >= 15 is 0 Å². The Balaban J connectivity index is 3.16. The fourth-order valence-corrected chi connectivity index (χ4v) is 0.829. The molecule has 0 saturated heterocycles. The highest BCUT2D eigenvalue weighted by Crippen LogP contribution is 2.11. The Morgan fingerprint density at radius 1 is 1.42 bits per heavy atom. The van der Waals surface area contributed by atoms with Crippen molar-refractivity contribution < 1.29 is 13.6 Å². The number of benzene rings is 1. The first kappa shape index (κ1) is 8.80. The minimum atomic E-state index is -1.13. The molecule has 1 aromatic carbocycles. The van der Waals surface area contributed by atoms with Crippen LogP contribution in [0.4, 0.5) is 8.78 Å². The van der Waals surface area contributed by atoms with Crippen LogP contribution in [0.25, 0.3) is 0 Å². The molecule has 1 aromatic rings. The molecule has 12 heavy (non-hydrogen) atoms. The van der Waals surface area contributed by atoms with E-state index in [4.69, 9.17) is 5.73 Å². The molecule has 0 aromatic heterocycles. The van der Waals surface area contributed by atoms with E-state index in [0.717, 1.165) is 6.07 Å². The predicted octanol–water partition coefficient (Wildman–Crippen LogP) is 1.11.